The van der Waals surface area contributed by atoms with Gasteiger partial charge in [0.15, 0.2) is 0 Å². The fraction of sp³-hybridized carbons (Fsp3) is 0.688. The SMILES string of the molecule is CCNC(C)c1ccc(N2CCN3CCCC3C2)nc1. The van der Waals surface area contributed by atoms with E-state index in [1.807, 2.05) is 6.20 Å². The van der Waals surface area contributed by atoms with Crippen molar-refractivity contribution in [1.82, 2.24) is 15.2 Å². The monoisotopic (exact) mass is 274 g/mol. The van der Waals surface area contributed by atoms with Crippen LogP contribution in [0.5, 0.6) is 0 Å². The highest BCUT2D eigenvalue weighted by Gasteiger charge is 2.30. The van der Waals surface area contributed by atoms with Gasteiger partial charge in [0.2, 0.25) is 0 Å². The van der Waals surface area contributed by atoms with E-state index in [1.165, 1.54) is 31.5 Å². The molecule has 2 fully saturated rings. The van der Waals surface area contributed by atoms with Crippen molar-refractivity contribution in [1.29, 1.82) is 0 Å². The molecule has 2 unspecified atom stereocenters. The predicted molar refractivity (Wildman–Crippen MR) is 83.1 cm³/mol. The topological polar surface area (TPSA) is 31.4 Å². The summed E-state index contributed by atoms with van der Waals surface area (Å²) in [6, 6.07) is 5.55. The van der Waals surface area contributed by atoms with Crippen LogP contribution in [0.15, 0.2) is 18.3 Å². The Hall–Kier alpha value is -1.13. The van der Waals surface area contributed by atoms with Crippen LogP contribution >= 0.6 is 0 Å². The molecule has 0 aromatic carbocycles. The Morgan fingerprint density at radius 2 is 2.25 bits per heavy atom. The number of nitrogens with zero attached hydrogens (tertiary/aromatic N) is 3. The maximum atomic E-state index is 4.69. The van der Waals surface area contributed by atoms with Crippen molar-refractivity contribution in [3.63, 3.8) is 0 Å². The van der Waals surface area contributed by atoms with E-state index in [1.54, 1.807) is 0 Å². The average Bonchev–Trinajstić information content (AvgIpc) is 2.95. The molecule has 4 nitrogen and oxygen atoms in total. The molecule has 0 spiro atoms. The number of rotatable bonds is 4. The first kappa shape index (κ1) is 13.8. The highest BCUT2D eigenvalue weighted by molar-refractivity contribution is 5.41. The minimum absolute atomic E-state index is 0.383. The van der Waals surface area contributed by atoms with E-state index in [4.69, 9.17) is 0 Å². The van der Waals surface area contributed by atoms with E-state index >= 15 is 0 Å². The molecular weight excluding hydrogens is 248 g/mol. The summed E-state index contributed by atoms with van der Waals surface area (Å²) in [6.45, 7) is 10.1. The number of piperazine rings is 1. The molecule has 3 heterocycles. The van der Waals surface area contributed by atoms with E-state index in [0.29, 0.717) is 6.04 Å². The quantitative estimate of drug-likeness (QED) is 0.910. The molecule has 0 bridgehead atoms. The number of fused-ring (bicyclic) bond motifs is 1. The van der Waals surface area contributed by atoms with Gasteiger partial charge in [-0.05, 0) is 44.5 Å². The second-order valence-corrected chi connectivity index (χ2v) is 6.01. The van der Waals surface area contributed by atoms with Gasteiger partial charge in [0.05, 0.1) is 0 Å². The predicted octanol–water partition coefficient (Wildman–Crippen LogP) is 2.04. The normalized spacial score (nSPS) is 24.7. The zero-order valence-corrected chi connectivity index (χ0v) is 12.7. The molecule has 110 valence electrons. The molecule has 0 aliphatic carbocycles. The molecule has 1 aromatic heterocycles. The van der Waals surface area contributed by atoms with Crippen molar-refractivity contribution in [3.8, 4) is 0 Å². The van der Waals surface area contributed by atoms with E-state index in [2.05, 4.69) is 46.1 Å². The molecule has 4 heteroatoms. The molecule has 0 radical (unpaired) electrons. The molecule has 1 aromatic rings. The van der Waals surface area contributed by atoms with Gasteiger partial charge < -0.3 is 10.2 Å². The summed E-state index contributed by atoms with van der Waals surface area (Å²) in [5.74, 6) is 1.14. The lowest BCUT2D eigenvalue weighted by molar-refractivity contribution is 0.230. The molecule has 20 heavy (non-hydrogen) atoms. The number of nitrogens with one attached hydrogen (secondary N) is 1. The Morgan fingerprint density at radius 3 is 3.00 bits per heavy atom. The Bertz CT molecular complexity index is 431. The van der Waals surface area contributed by atoms with Gasteiger partial charge in [-0.1, -0.05) is 13.0 Å². The van der Waals surface area contributed by atoms with Gasteiger partial charge in [-0.2, -0.15) is 0 Å². The van der Waals surface area contributed by atoms with Gasteiger partial charge in [0.25, 0.3) is 0 Å². The van der Waals surface area contributed by atoms with Crippen molar-refractivity contribution in [2.75, 3.05) is 37.6 Å². The summed E-state index contributed by atoms with van der Waals surface area (Å²) in [7, 11) is 0. The van der Waals surface area contributed by atoms with Crippen LogP contribution in [0.3, 0.4) is 0 Å². The third-order valence-corrected chi connectivity index (χ3v) is 4.69. The van der Waals surface area contributed by atoms with E-state index in [0.717, 1.165) is 31.5 Å². The summed E-state index contributed by atoms with van der Waals surface area (Å²) >= 11 is 0. The number of pyridine rings is 1. The number of aromatic nitrogens is 1. The van der Waals surface area contributed by atoms with Crippen LogP contribution in [0.2, 0.25) is 0 Å². The van der Waals surface area contributed by atoms with Crippen molar-refractivity contribution >= 4 is 5.82 Å². The molecule has 0 amide bonds. The molecule has 2 aliphatic heterocycles. The van der Waals surface area contributed by atoms with Crippen molar-refractivity contribution < 1.29 is 0 Å². The molecular formula is C16H26N4. The summed E-state index contributed by atoms with van der Waals surface area (Å²) in [6.07, 6.45) is 4.75. The Labute approximate surface area is 122 Å². The summed E-state index contributed by atoms with van der Waals surface area (Å²) < 4.78 is 0. The van der Waals surface area contributed by atoms with Crippen LogP contribution in [0.4, 0.5) is 5.82 Å². The Morgan fingerprint density at radius 1 is 1.35 bits per heavy atom. The lowest BCUT2D eigenvalue weighted by Gasteiger charge is -2.38. The van der Waals surface area contributed by atoms with Gasteiger partial charge >= 0.3 is 0 Å². The Balaban J connectivity index is 1.65. The van der Waals surface area contributed by atoms with E-state index in [-0.39, 0.29) is 0 Å². The largest absolute Gasteiger partial charge is 0.354 e. The van der Waals surface area contributed by atoms with Gasteiger partial charge in [-0.3, -0.25) is 4.90 Å². The van der Waals surface area contributed by atoms with Crippen molar-refractivity contribution in [2.45, 2.75) is 38.8 Å². The lowest BCUT2D eigenvalue weighted by Crippen LogP contribution is -2.50. The Kier molecular flexibility index (Phi) is 4.22. The van der Waals surface area contributed by atoms with Crippen LogP contribution in [0.1, 0.15) is 38.3 Å². The molecule has 0 saturated carbocycles. The van der Waals surface area contributed by atoms with E-state index < -0.39 is 0 Å². The zero-order valence-electron chi connectivity index (χ0n) is 12.7. The second-order valence-electron chi connectivity index (χ2n) is 6.01. The van der Waals surface area contributed by atoms with Crippen LogP contribution in [0, 0.1) is 0 Å². The zero-order chi connectivity index (χ0) is 13.9. The van der Waals surface area contributed by atoms with Gasteiger partial charge in [-0.15, -0.1) is 0 Å². The fourth-order valence-corrected chi connectivity index (χ4v) is 3.46. The summed E-state index contributed by atoms with van der Waals surface area (Å²) in [5, 5.41) is 3.43. The van der Waals surface area contributed by atoms with Gasteiger partial charge in [-0.25, -0.2) is 4.98 Å². The first-order valence-corrected chi connectivity index (χ1v) is 7.96. The minimum atomic E-state index is 0.383. The fourth-order valence-electron chi connectivity index (χ4n) is 3.46. The molecule has 2 atom stereocenters. The van der Waals surface area contributed by atoms with E-state index in [9.17, 15) is 0 Å². The van der Waals surface area contributed by atoms with Gasteiger partial charge in [0, 0.05) is 37.9 Å². The number of hydrogen-bond acceptors (Lipinski definition) is 4. The van der Waals surface area contributed by atoms with Crippen molar-refractivity contribution in [3.05, 3.63) is 23.9 Å². The van der Waals surface area contributed by atoms with Crippen LogP contribution in [0.25, 0.3) is 0 Å². The second kappa shape index (κ2) is 6.10. The average molecular weight is 274 g/mol. The molecule has 1 N–H and O–H groups in total. The van der Waals surface area contributed by atoms with Crippen LogP contribution < -0.4 is 10.2 Å². The molecule has 2 saturated heterocycles. The van der Waals surface area contributed by atoms with Crippen LogP contribution in [-0.4, -0.2) is 48.6 Å². The van der Waals surface area contributed by atoms with Crippen molar-refractivity contribution in [2.24, 2.45) is 0 Å². The maximum Gasteiger partial charge on any atom is 0.128 e. The number of anilines is 1. The third-order valence-electron chi connectivity index (χ3n) is 4.69. The minimum Gasteiger partial charge on any atom is -0.354 e. The first-order chi connectivity index (χ1) is 9.78. The number of hydrogen-bond donors (Lipinski definition) is 1. The molecule has 2 aliphatic rings. The smallest absolute Gasteiger partial charge is 0.128 e. The maximum absolute atomic E-state index is 4.69. The standard InChI is InChI=1S/C16H26N4/c1-3-17-13(2)14-6-7-16(18-11-14)20-10-9-19-8-4-5-15(19)12-20/h6-7,11,13,15,17H,3-5,8-10,12H2,1-2H3. The lowest BCUT2D eigenvalue weighted by atomic mass is 10.1. The van der Waals surface area contributed by atoms with Gasteiger partial charge in [0.1, 0.15) is 5.82 Å². The highest BCUT2D eigenvalue weighted by Crippen LogP contribution is 2.24. The highest BCUT2D eigenvalue weighted by atomic mass is 15.3. The summed E-state index contributed by atoms with van der Waals surface area (Å²) in [4.78, 5) is 9.78. The molecule has 3 rings (SSSR count). The summed E-state index contributed by atoms with van der Waals surface area (Å²) in [5.41, 5.74) is 1.27. The third kappa shape index (κ3) is 2.81. The van der Waals surface area contributed by atoms with Crippen LogP contribution in [-0.2, 0) is 0 Å². The first-order valence-electron chi connectivity index (χ1n) is 7.96.